The monoisotopic (exact) mass is 498 g/mol. The maximum absolute atomic E-state index is 13.5. The van der Waals surface area contributed by atoms with Gasteiger partial charge in [-0.2, -0.15) is 4.98 Å². The number of ether oxygens (including phenoxy) is 2. The Kier molecular flexibility index (Phi) is 7.87. The zero-order valence-electron chi connectivity index (χ0n) is 21.1. The van der Waals surface area contributed by atoms with Crippen molar-refractivity contribution in [2.45, 2.75) is 33.3 Å². The Balaban J connectivity index is 2.16. The number of esters is 1. The second-order valence-electron chi connectivity index (χ2n) is 9.13. The van der Waals surface area contributed by atoms with Crippen LogP contribution in [0.1, 0.15) is 45.8 Å². The Bertz CT molecular complexity index is 1240. The minimum absolute atomic E-state index is 0.0649. The number of methoxy groups -OCH3 is 1. The standard InChI is InChI=1S/C26H31ClN4O4/c1-16-13-19(20(27)14-17(16)2)23(32)28-22-21(24(33)35-26(3,4)15-34-7)31(25(29-22)30(5)6)18-11-9-8-10-12-18/h8-14H,15H2,1-7H3,(H,28,32). The molecule has 1 amide bonds. The van der Waals surface area contributed by atoms with Gasteiger partial charge in [-0.25, -0.2) is 4.79 Å². The van der Waals surface area contributed by atoms with Gasteiger partial charge in [-0.05, 0) is 63.1 Å². The molecule has 8 nitrogen and oxygen atoms in total. The number of carbonyl (C=O) groups excluding carboxylic acids is 2. The van der Waals surface area contributed by atoms with Gasteiger partial charge in [-0.15, -0.1) is 0 Å². The summed E-state index contributed by atoms with van der Waals surface area (Å²) in [5, 5.41) is 3.10. The van der Waals surface area contributed by atoms with Crippen LogP contribution in [-0.4, -0.2) is 54.8 Å². The minimum atomic E-state index is -0.908. The zero-order chi connectivity index (χ0) is 25.9. The van der Waals surface area contributed by atoms with Gasteiger partial charge >= 0.3 is 5.97 Å². The summed E-state index contributed by atoms with van der Waals surface area (Å²) in [5.74, 6) is -0.631. The van der Waals surface area contributed by atoms with Crippen molar-refractivity contribution in [3.63, 3.8) is 0 Å². The Morgan fingerprint density at radius 2 is 1.74 bits per heavy atom. The number of benzene rings is 2. The molecule has 3 rings (SSSR count). The Morgan fingerprint density at radius 1 is 1.11 bits per heavy atom. The molecule has 1 heterocycles. The average Bonchev–Trinajstić information content (AvgIpc) is 3.16. The first-order valence-electron chi connectivity index (χ1n) is 11.1. The molecule has 1 N–H and O–H groups in total. The normalized spacial score (nSPS) is 11.3. The fraction of sp³-hybridized carbons (Fsp3) is 0.346. The molecule has 1 aromatic heterocycles. The highest BCUT2D eigenvalue weighted by Gasteiger charge is 2.32. The van der Waals surface area contributed by atoms with E-state index in [4.69, 9.17) is 21.1 Å². The predicted octanol–water partition coefficient (Wildman–Crippen LogP) is 5.04. The summed E-state index contributed by atoms with van der Waals surface area (Å²) in [6, 6.07) is 12.7. The molecule has 2 aromatic carbocycles. The number of halogens is 1. The van der Waals surface area contributed by atoms with Crippen LogP contribution in [0, 0.1) is 13.8 Å². The van der Waals surface area contributed by atoms with E-state index in [1.807, 2.05) is 44.2 Å². The van der Waals surface area contributed by atoms with Crippen LogP contribution in [0.4, 0.5) is 11.8 Å². The van der Waals surface area contributed by atoms with Crippen LogP contribution < -0.4 is 10.2 Å². The van der Waals surface area contributed by atoms with Gasteiger partial charge in [0, 0.05) is 26.9 Å². The predicted molar refractivity (Wildman–Crippen MR) is 138 cm³/mol. The highest BCUT2D eigenvalue weighted by atomic mass is 35.5. The van der Waals surface area contributed by atoms with E-state index >= 15 is 0 Å². The van der Waals surface area contributed by atoms with Crippen molar-refractivity contribution in [1.29, 1.82) is 0 Å². The number of imidazole rings is 1. The van der Waals surface area contributed by atoms with Crippen molar-refractivity contribution in [2.75, 3.05) is 38.0 Å². The largest absolute Gasteiger partial charge is 0.452 e. The number of anilines is 2. The molecule has 0 atom stereocenters. The number of aromatic nitrogens is 2. The molecular weight excluding hydrogens is 468 g/mol. The number of nitrogens with one attached hydrogen (secondary N) is 1. The van der Waals surface area contributed by atoms with Gasteiger partial charge in [0.1, 0.15) is 5.60 Å². The summed E-state index contributed by atoms with van der Waals surface area (Å²) in [5.41, 5.74) is 2.04. The highest BCUT2D eigenvalue weighted by molar-refractivity contribution is 6.34. The van der Waals surface area contributed by atoms with Crippen LogP contribution in [0.5, 0.6) is 0 Å². The van der Waals surface area contributed by atoms with Crippen LogP contribution in [0.15, 0.2) is 42.5 Å². The van der Waals surface area contributed by atoms with Gasteiger partial charge in [0.2, 0.25) is 5.95 Å². The summed E-state index contributed by atoms with van der Waals surface area (Å²) >= 11 is 6.37. The molecule has 0 aliphatic rings. The topological polar surface area (TPSA) is 85.7 Å². The van der Waals surface area contributed by atoms with Crippen LogP contribution in [0.25, 0.3) is 5.69 Å². The summed E-state index contributed by atoms with van der Waals surface area (Å²) in [6.45, 7) is 7.51. The van der Waals surface area contributed by atoms with E-state index in [1.54, 1.807) is 49.5 Å². The first-order valence-corrected chi connectivity index (χ1v) is 11.5. The van der Waals surface area contributed by atoms with Gasteiger partial charge in [0.25, 0.3) is 5.91 Å². The molecule has 9 heteroatoms. The smallest absolute Gasteiger partial charge is 0.359 e. The summed E-state index contributed by atoms with van der Waals surface area (Å²) in [6.07, 6.45) is 0. The number of para-hydroxylation sites is 1. The second kappa shape index (κ2) is 10.5. The summed E-state index contributed by atoms with van der Waals surface area (Å²) in [4.78, 5) is 33.1. The lowest BCUT2D eigenvalue weighted by Gasteiger charge is -2.25. The van der Waals surface area contributed by atoms with Gasteiger partial charge in [0.15, 0.2) is 11.5 Å². The lowest BCUT2D eigenvalue weighted by atomic mass is 10.1. The zero-order valence-corrected chi connectivity index (χ0v) is 21.9. The molecule has 0 fully saturated rings. The summed E-state index contributed by atoms with van der Waals surface area (Å²) < 4.78 is 12.6. The quantitative estimate of drug-likeness (QED) is 0.438. The van der Waals surface area contributed by atoms with E-state index in [-0.39, 0.29) is 23.7 Å². The van der Waals surface area contributed by atoms with Crippen molar-refractivity contribution in [3.8, 4) is 5.69 Å². The van der Waals surface area contributed by atoms with Gasteiger partial charge in [-0.1, -0.05) is 29.8 Å². The number of carbonyl (C=O) groups is 2. The molecule has 0 bridgehead atoms. The van der Waals surface area contributed by atoms with Crippen molar-refractivity contribution in [1.82, 2.24) is 9.55 Å². The van der Waals surface area contributed by atoms with E-state index in [1.165, 1.54) is 7.11 Å². The number of aryl methyl sites for hydroxylation is 2. The third-order valence-corrected chi connectivity index (χ3v) is 5.70. The Labute approximate surface area is 210 Å². The lowest BCUT2D eigenvalue weighted by molar-refractivity contribution is -0.0370. The van der Waals surface area contributed by atoms with Crippen LogP contribution in [-0.2, 0) is 9.47 Å². The van der Waals surface area contributed by atoms with E-state index in [9.17, 15) is 9.59 Å². The Morgan fingerprint density at radius 3 is 2.34 bits per heavy atom. The maximum atomic E-state index is 13.5. The van der Waals surface area contributed by atoms with E-state index in [0.717, 1.165) is 11.1 Å². The fourth-order valence-corrected chi connectivity index (χ4v) is 3.92. The van der Waals surface area contributed by atoms with E-state index in [2.05, 4.69) is 10.3 Å². The van der Waals surface area contributed by atoms with Gasteiger partial charge in [-0.3, -0.25) is 9.36 Å². The van der Waals surface area contributed by atoms with Gasteiger partial charge in [0.05, 0.1) is 17.2 Å². The molecule has 0 spiro atoms. The van der Waals surface area contributed by atoms with Crippen molar-refractivity contribution in [2.24, 2.45) is 0 Å². The lowest BCUT2D eigenvalue weighted by Crippen LogP contribution is -2.34. The van der Waals surface area contributed by atoms with Crippen LogP contribution in [0.3, 0.4) is 0 Å². The van der Waals surface area contributed by atoms with E-state index in [0.29, 0.717) is 16.7 Å². The molecular formula is C26H31ClN4O4. The third-order valence-electron chi connectivity index (χ3n) is 5.39. The molecule has 0 aliphatic carbocycles. The molecule has 3 aromatic rings. The van der Waals surface area contributed by atoms with Crippen LogP contribution in [0.2, 0.25) is 5.02 Å². The van der Waals surface area contributed by atoms with Crippen molar-refractivity contribution < 1.29 is 19.1 Å². The fourth-order valence-electron chi connectivity index (χ4n) is 3.61. The van der Waals surface area contributed by atoms with E-state index < -0.39 is 17.5 Å². The molecule has 0 saturated carbocycles. The Hall–Kier alpha value is -3.36. The first-order chi connectivity index (χ1) is 16.4. The van der Waals surface area contributed by atoms with Crippen molar-refractivity contribution in [3.05, 3.63) is 69.9 Å². The number of rotatable bonds is 8. The van der Waals surface area contributed by atoms with Crippen LogP contribution >= 0.6 is 11.6 Å². The number of nitrogens with zero attached hydrogens (tertiary/aromatic N) is 3. The second-order valence-corrected chi connectivity index (χ2v) is 9.53. The molecule has 0 unspecified atom stereocenters. The molecule has 186 valence electrons. The molecule has 0 radical (unpaired) electrons. The SMILES string of the molecule is COCC(C)(C)OC(=O)c1c(NC(=O)c2cc(C)c(C)cc2Cl)nc(N(C)C)n1-c1ccccc1. The molecule has 35 heavy (non-hydrogen) atoms. The maximum Gasteiger partial charge on any atom is 0.359 e. The third kappa shape index (κ3) is 5.83. The first kappa shape index (κ1) is 26.2. The highest BCUT2D eigenvalue weighted by Crippen LogP contribution is 2.30. The van der Waals surface area contributed by atoms with Crippen molar-refractivity contribution >= 4 is 35.2 Å². The minimum Gasteiger partial charge on any atom is -0.452 e. The summed E-state index contributed by atoms with van der Waals surface area (Å²) in [7, 11) is 5.14. The number of hydrogen-bond donors (Lipinski definition) is 1. The average molecular weight is 499 g/mol. The van der Waals surface area contributed by atoms with Gasteiger partial charge < -0.3 is 19.7 Å². The number of amides is 1. The molecule has 0 aliphatic heterocycles. The number of hydrogen-bond acceptors (Lipinski definition) is 6. The molecule has 0 saturated heterocycles.